The highest BCUT2D eigenvalue weighted by Gasteiger charge is 2.17. The van der Waals surface area contributed by atoms with Crippen molar-refractivity contribution in [3.8, 4) is 0 Å². The first-order chi connectivity index (χ1) is 9.36. The van der Waals surface area contributed by atoms with E-state index in [-0.39, 0.29) is 29.5 Å². The highest BCUT2D eigenvalue weighted by molar-refractivity contribution is 9.10. The van der Waals surface area contributed by atoms with Gasteiger partial charge in [-0.25, -0.2) is 4.39 Å². The standard InChI is InChI=1S/C13H16BrFN2O3/c1-17(5-3-4-12(18)20-2)13(19)8-6-11(16)10(15)7-9(8)14/h6-7H,3-5,16H2,1-2H3. The number of rotatable bonds is 5. The van der Waals surface area contributed by atoms with Gasteiger partial charge in [0.05, 0.1) is 18.4 Å². The maximum atomic E-state index is 13.2. The number of carbonyl (C=O) groups excluding carboxylic acids is 2. The van der Waals surface area contributed by atoms with Gasteiger partial charge in [0, 0.05) is 24.5 Å². The summed E-state index contributed by atoms with van der Waals surface area (Å²) in [6.07, 6.45) is 0.726. The zero-order chi connectivity index (χ0) is 15.3. The van der Waals surface area contributed by atoms with Crippen molar-refractivity contribution in [3.05, 3.63) is 28.0 Å². The molecule has 1 rings (SSSR count). The van der Waals surface area contributed by atoms with Crippen LogP contribution in [0.1, 0.15) is 23.2 Å². The fraction of sp³-hybridized carbons (Fsp3) is 0.385. The third kappa shape index (κ3) is 4.19. The first-order valence-electron chi connectivity index (χ1n) is 5.93. The zero-order valence-corrected chi connectivity index (χ0v) is 12.9. The van der Waals surface area contributed by atoms with Crippen molar-refractivity contribution in [2.45, 2.75) is 12.8 Å². The lowest BCUT2D eigenvalue weighted by molar-refractivity contribution is -0.140. The normalized spacial score (nSPS) is 10.2. The Kier molecular flexibility index (Phi) is 5.94. The minimum Gasteiger partial charge on any atom is -0.469 e. The van der Waals surface area contributed by atoms with Crippen LogP contribution in [0.2, 0.25) is 0 Å². The van der Waals surface area contributed by atoms with E-state index in [1.165, 1.54) is 18.1 Å². The summed E-state index contributed by atoms with van der Waals surface area (Å²) in [6, 6.07) is 2.45. The van der Waals surface area contributed by atoms with E-state index in [2.05, 4.69) is 20.7 Å². The monoisotopic (exact) mass is 346 g/mol. The molecule has 0 fully saturated rings. The lowest BCUT2D eigenvalue weighted by Gasteiger charge is -2.18. The summed E-state index contributed by atoms with van der Waals surface area (Å²) in [5.74, 6) is -1.20. The molecule has 7 heteroatoms. The molecule has 20 heavy (non-hydrogen) atoms. The van der Waals surface area contributed by atoms with Crippen LogP contribution in [-0.2, 0) is 9.53 Å². The molecule has 1 amide bonds. The lowest BCUT2D eigenvalue weighted by atomic mass is 10.1. The van der Waals surface area contributed by atoms with E-state index in [1.54, 1.807) is 7.05 Å². The van der Waals surface area contributed by atoms with Gasteiger partial charge in [0.2, 0.25) is 0 Å². The Morgan fingerprint density at radius 1 is 1.45 bits per heavy atom. The van der Waals surface area contributed by atoms with Crippen molar-refractivity contribution in [1.82, 2.24) is 4.90 Å². The van der Waals surface area contributed by atoms with Gasteiger partial charge in [0.1, 0.15) is 5.82 Å². The number of anilines is 1. The Morgan fingerprint density at radius 3 is 2.70 bits per heavy atom. The van der Waals surface area contributed by atoms with Crippen molar-refractivity contribution in [2.24, 2.45) is 0 Å². The quantitative estimate of drug-likeness (QED) is 0.655. The van der Waals surface area contributed by atoms with Crippen LogP contribution in [0, 0.1) is 5.82 Å². The molecular weight excluding hydrogens is 331 g/mol. The van der Waals surface area contributed by atoms with E-state index in [4.69, 9.17) is 5.73 Å². The number of nitrogen functional groups attached to an aromatic ring is 1. The number of amides is 1. The molecule has 5 nitrogen and oxygen atoms in total. The summed E-state index contributed by atoms with van der Waals surface area (Å²) < 4.78 is 18.1. The molecule has 110 valence electrons. The summed E-state index contributed by atoms with van der Waals surface area (Å²) in [4.78, 5) is 24.6. The van der Waals surface area contributed by atoms with Crippen molar-refractivity contribution in [3.63, 3.8) is 0 Å². The lowest BCUT2D eigenvalue weighted by Crippen LogP contribution is -2.28. The van der Waals surface area contributed by atoms with Gasteiger partial charge in [-0.3, -0.25) is 9.59 Å². The van der Waals surface area contributed by atoms with Crippen LogP contribution in [0.15, 0.2) is 16.6 Å². The largest absolute Gasteiger partial charge is 0.469 e. The number of hydrogen-bond acceptors (Lipinski definition) is 4. The van der Waals surface area contributed by atoms with Gasteiger partial charge in [-0.15, -0.1) is 0 Å². The molecule has 0 aliphatic heterocycles. The maximum absolute atomic E-state index is 13.2. The topological polar surface area (TPSA) is 72.6 Å². The highest BCUT2D eigenvalue weighted by atomic mass is 79.9. The van der Waals surface area contributed by atoms with Gasteiger partial charge in [-0.1, -0.05) is 0 Å². The average Bonchev–Trinajstić information content (AvgIpc) is 2.41. The zero-order valence-electron chi connectivity index (χ0n) is 11.3. The van der Waals surface area contributed by atoms with Crippen LogP contribution in [0.5, 0.6) is 0 Å². The Bertz CT molecular complexity index is 523. The van der Waals surface area contributed by atoms with E-state index in [0.717, 1.165) is 6.07 Å². The molecule has 2 N–H and O–H groups in total. The SMILES string of the molecule is COC(=O)CCCN(C)C(=O)c1cc(N)c(F)cc1Br. The molecule has 0 heterocycles. The van der Waals surface area contributed by atoms with Crippen molar-refractivity contribution in [2.75, 3.05) is 26.4 Å². The number of halogens is 2. The van der Waals surface area contributed by atoms with E-state index in [1.807, 2.05) is 0 Å². The molecule has 0 saturated heterocycles. The van der Waals surface area contributed by atoms with Gasteiger partial charge in [0.15, 0.2) is 0 Å². The van der Waals surface area contributed by atoms with Crippen molar-refractivity contribution < 1.29 is 18.7 Å². The number of carbonyl (C=O) groups is 2. The Balaban J connectivity index is 2.70. The smallest absolute Gasteiger partial charge is 0.305 e. The molecule has 0 radical (unpaired) electrons. The number of nitrogens with zero attached hydrogens (tertiary/aromatic N) is 1. The van der Waals surface area contributed by atoms with Crippen LogP contribution in [0.25, 0.3) is 0 Å². The Hall–Kier alpha value is -1.63. The van der Waals surface area contributed by atoms with Crippen LogP contribution in [-0.4, -0.2) is 37.5 Å². The summed E-state index contributed by atoms with van der Waals surface area (Å²) >= 11 is 3.14. The molecule has 1 aromatic rings. The molecule has 0 aromatic heterocycles. The second-order valence-corrected chi connectivity index (χ2v) is 5.11. The van der Waals surface area contributed by atoms with Crippen LogP contribution in [0.3, 0.4) is 0 Å². The predicted molar refractivity (Wildman–Crippen MR) is 76.7 cm³/mol. The molecule has 0 spiro atoms. The summed E-state index contributed by atoms with van der Waals surface area (Å²) in [7, 11) is 2.92. The predicted octanol–water partition coefficient (Wildman–Crippen LogP) is 2.20. The van der Waals surface area contributed by atoms with Gasteiger partial charge in [0.25, 0.3) is 5.91 Å². The third-order valence-corrected chi connectivity index (χ3v) is 3.42. The number of benzene rings is 1. The van der Waals surface area contributed by atoms with Gasteiger partial charge < -0.3 is 15.4 Å². The van der Waals surface area contributed by atoms with E-state index >= 15 is 0 Å². The van der Waals surface area contributed by atoms with Crippen LogP contribution < -0.4 is 5.73 Å². The summed E-state index contributed by atoms with van der Waals surface area (Å²) in [5, 5.41) is 0. The van der Waals surface area contributed by atoms with E-state index in [9.17, 15) is 14.0 Å². The first-order valence-corrected chi connectivity index (χ1v) is 6.73. The second-order valence-electron chi connectivity index (χ2n) is 4.26. The van der Waals surface area contributed by atoms with E-state index in [0.29, 0.717) is 17.4 Å². The molecule has 0 aliphatic carbocycles. The number of hydrogen-bond donors (Lipinski definition) is 1. The van der Waals surface area contributed by atoms with Crippen LogP contribution in [0.4, 0.5) is 10.1 Å². The molecule has 0 saturated carbocycles. The molecular formula is C13H16BrFN2O3. The first kappa shape index (κ1) is 16.4. The number of ether oxygens (including phenoxy) is 1. The molecule has 0 atom stereocenters. The van der Waals surface area contributed by atoms with Gasteiger partial charge >= 0.3 is 5.97 Å². The number of nitrogens with two attached hydrogens (primary N) is 1. The number of methoxy groups -OCH3 is 1. The average molecular weight is 347 g/mol. The van der Waals surface area contributed by atoms with E-state index < -0.39 is 5.82 Å². The highest BCUT2D eigenvalue weighted by Crippen LogP contribution is 2.24. The molecule has 1 aromatic carbocycles. The summed E-state index contributed by atoms with van der Waals surface area (Å²) in [5.41, 5.74) is 5.66. The van der Waals surface area contributed by atoms with Crippen molar-refractivity contribution >= 4 is 33.5 Å². The molecule has 0 aliphatic rings. The van der Waals surface area contributed by atoms with Gasteiger partial charge in [-0.2, -0.15) is 0 Å². The third-order valence-electron chi connectivity index (χ3n) is 2.77. The minimum atomic E-state index is -0.582. The summed E-state index contributed by atoms with van der Waals surface area (Å²) in [6.45, 7) is 0.387. The Labute approximate surface area is 125 Å². The maximum Gasteiger partial charge on any atom is 0.305 e. The van der Waals surface area contributed by atoms with Crippen LogP contribution >= 0.6 is 15.9 Å². The Morgan fingerprint density at radius 2 is 2.10 bits per heavy atom. The number of esters is 1. The van der Waals surface area contributed by atoms with Crippen molar-refractivity contribution in [1.29, 1.82) is 0 Å². The second kappa shape index (κ2) is 7.23. The fourth-order valence-electron chi connectivity index (χ4n) is 1.60. The minimum absolute atomic E-state index is 0.0838. The molecule has 0 unspecified atom stereocenters. The fourth-order valence-corrected chi connectivity index (χ4v) is 2.08. The molecule has 0 bridgehead atoms. The van der Waals surface area contributed by atoms with Gasteiger partial charge in [-0.05, 0) is 34.5 Å².